The molecule has 1 amide bonds. The standard InChI is InChI=1S/C8H13N3O2S/c1-2-3-4-6-5-9-11(7(6)12)8(13)10-14/h5,9,14H,2-4H2,1H3,(H,10,13). The number of aromatic amines is 1. The number of aromatic nitrogens is 2. The van der Waals surface area contributed by atoms with Crippen molar-refractivity contribution in [3.8, 4) is 0 Å². The van der Waals surface area contributed by atoms with Gasteiger partial charge >= 0.3 is 6.03 Å². The van der Waals surface area contributed by atoms with E-state index in [4.69, 9.17) is 0 Å². The van der Waals surface area contributed by atoms with E-state index in [9.17, 15) is 9.59 Å². The zero-order chi connectivity index (χ0) is 10.6. The number of H-pyrrole nitrogens is 1. The maximum atomic E-state index is 11.5. The van der Waals surface area contributed by atoms with Gasteiger partial charge in [-0.25, -0.2) is 4.79 Å². The normalized spacial score (nSPS) is 10.1. The first-order valence-electron chi connectivity index (χ1n) is 4.44. The van der Waals surface area contributed by atoms with Crippen LogP contribution in [0.4, 0.5) is 4.79 Å². The summed E-state index contributed by atoms with van der Waals surface area (Å²) in [5, 5.41) is 2.58. The van der Waals surface area contributed by atoms with Crippen molar-refractivity contribution in [2.75, 3.05) is 0 Å². The first-order chi connectivity index (χ1) is 6.70. The van der Waals surface area contributed by atoms with Crippen molar-refractivity contribution in [1.82, 2.24) is 14.5 Å². The lowest BCUT2D eigenvalue weighted by molar-refractivity contribution is 0.244. The molecule has 0 aliphatic rings. The third-order valence-electron chi connectivity index (χ3n) is 1.94. The highest BCUT2D eigenvalue weighted by Crippen LogP contribution is 1.98. The third-order valence-corrected chi connectivity index (χ3v) is 2.14. The summed E-state index contributed by atoms with van der Waals surface area (Å²) in [6.07, 6.45) is 4.21. The molecule has 0 saturated heterocycles. The van der Waals surface area contributed by atoms with Gasteiger partial charge in [0.1, 0.15) is 0 Å². The van der Waals surface area contributed by atoms with Gasteiger partial charge in [-0.15, -0.1) is 0 Å². The molecule has 0 unspecified atom stereocenters. The Morgan fingerprint density at radius 1 is 1.71 bits per heavy atom. The average molecular weight is 215 g/mol. The van der Waals surface area contributed by atoms with Gasteiger partial charge in [-0.3, -0.25) is 14.6 Å². The lowest BCUT2D eigenvalue weighted by Crippen LogP contribution is -2.31. The first-order valence-corrected chi connectivity index (χ1v) is 4.89. The van der Waals surface area contributed by atoms with Crippen molar-refractivity contribution in [3.05, 3.63) is 22.1 Å². The summed E-state index contributed by atoms with van der Waals surface area (Å²) in [7, 11) is 0. The zero-order valence-electron chi connectivity index (χ0n) is 7.91. The Bertz CT molecular complexity index is 369. The van der Waals surface area contributed by atoms with Crippen LogP contribution in [0.3, 0.4) is 0 Å². The number of rotatable bonds is 3. The molecule has 1 rings (SSSR count). The maximum absolute atomic E-state index is 11.5. The van der Waals surface area contributed by atoms with Gasteiger partial charge in [-0.2, -0.15) is 4.68 Å². The molecule has 0 aromatic carbocycles. The lowest BCUT2D eigenvalue weighted by atomic mass is 10.2. The van der Waals surface area contributed by atoms with Crippen molar-refractivity contribution < 1.29 is 4.79 Å². The Balaban J connectivity index is 2.86. The molecule has 0 saturated carbocycles. The highest BCUT2D eigenvalue weighted by Gasteiger charge is 2.10. The van der Waals surface area contributed by atoms with Crippen molar-refractivity contribution in [2.45, 2.75) is 26.2 Å². The number of thiol groups is 1. The van der Waals surface area contributed by atoms with E-state index >= 15 is 0 Å². The van der Waals surface area contributed by atoms with Gasteiger partial charge in [0.2, 0.25) is 0 Å². The van der Waals surface area contributed by atoms with E-state index in [1.807, 2.05) is 6.92 Å². The first kappa shape index (κ1) is 10.9. The number of amides is 1. The fraction of sp³-hybridized carbons (Fsp3) is 0.500. The second-order valence-corrected chi connectivity index (χ2v) is 3.18. The second-order valence-electron chi connectivity index (χ2n) is 2.96. The topological polar surface area (TPSA) is 66.9 Å². The van der Waals surface area contributed by atoms with E-state index in [1.54, 1.807) is 6.20 Å². The van der Waals surface area contributed by atoms with Gasteiger partial charge in [0.15, 0.2) is 0 Å². The van der Waals surface area contributed by atoms with Gasteiger partial charge in [0.05, 0.1) is 0 Å². The number of nitrogens with zero attached hydrogens (tertiary/aromatic N) is 1. The molecule has 0 aliphatic carbocycles. The molecule has 78 valence electrons. The van der Waals surface area contributed by atoms with E-state index in [0.29, 0.717) is 12.0 Å². The second kappa shape index (κ2) is 4.90. The summed E-state index contributed by atoms with van der Waals surface area (Å²) in [5.74, 6) is 0. The van der Waals surface area contributed by atoms with Crippen molar-refractivity contribution in [2.24, 2.45) is 0 Å². The predicted molar refractivity (Wildman–Crippen MR) is 56.6 cm³/mol. The van der Waals surface area contributed by atoms with Crippen LogP contribution in [-0.4, -0.2) is 15.8 Å². The predicted octanol–water partition coefficient (Wildman–Crippen LogP) is 0.921. The molecule has 6 heteroatoms. The molecule has 5 nitrogen and oxygen atoms in total. The average Bonchev–Trinajstić information content (AvgIpc) is 2.56. The number of carbonyl (C=O) groups is 1. The summed E-state index contributed by atoms with van der Waals surface area (Å²) in [6.45, 7) is 2.05. The smallest absolute Gasteiger partial charge is 0.294 e. The van der Waals surface area contributed by atoms with E-state index in [1.165, 1.54) is 0 Å². The molecule has 0 bridgehead atoms. The molecule has 0 aliphatic heterocycles. The molecular weight excluding hydrogens is 202 g/mol. The molecule has 2 N–H and O–H groups in total. The van der Waals surface area contributed by atoms with Crippen LogP contribution in [0.2, 0.25) is 0 Å². The maximum Gasteiger partial charge on any atom is 0.353 e. The van der Waals surface area contributed by atoms with Crippen LogP contribution in [0.15, 0.2) is 11.0 Å². The van der Waals surface area contributed by atoms with Gasteiger partial charge in [-0.05, 0) is 12.8 Å². The molecule has 1 heterocycles. The molecule has 1 aromatic heterocycles. The van der Waals surface area contributed by atoms with E-state index in [2.05, 4.69) is 22.6 Å². The third kappa shape index (κ3) is 2.20. The summed E-state index contributed by atoms with van der Waals surface area (Å²) < 4.78 is 2.98. The van der Waals surface area contributed by atoms with Crippen molar-refractivity contribution >= 4 is 18.8 Å². The number of hydrogen-bond donors (Lipinski definition) is 3. The Labute approximate surface area is 87.0 Å². The van der Waals surface area contributed by atoms with Crippen molar-refractivity contribution in [1.29, 1.82) is 0 Å². The SMILES string of the molecule is CCCCc1c[nH]n(C(=O)NS)c1=O. The van der Waals surface area contributed by atoms with Crippen molar-refractivity contribution in [3.63, 3.8) is 0 Å². The number of carbonyl (C=O) groups excluding carboxylic acids is 1. The molecule has 0 atom stereocenters. The van der Waals surface area contributed by atoms with Crippen LogP contribution in [0.25, 0.3) is 0 Å². The quantitative estimate of drug-likeness (QED) is 0.656. The monoisotopic (exact) mass is 215 g/mol. The van der Waals surface area contributed by atoms with Crippen LogP contribution in [0.5, 0.6) is 0 Å². The molecule has 14 heavy (non-hydrogen) atoms. The van der Waals surface area contributed by atoms with Gasteiger partial charge in [-0.1, -0.05) is 26.2 Å². The van der Waals surface area contributed by atoms with Gasteiger partial charge in [0.25, 0.3) is 5.56 Å². The Kier molecular flexibility index (Phi) is 3.82. The molecule has 0 spiro atoms. The largest absolute Gasteiger partial charge is 0.353 e. The van der Waals surface area contributed by atoms with E-state index in [-0.39, 0.29) is 5.56 Å². The summed E-state index contributed by atoms with van der Waals surface area (Å²) in [6, 6.07) is -0.568. The van der Waals surface area contributed by atoms with Gasteiger partial charge in [0, 0.05) is 11.8 Å². The Morgan fingerprint density at radius 3 is 3.00 bits per heavy atom. The van der Waals surface area contributed by atoms with Crippen LogP contribution in [-0.2, 0) is 6.42 Å². The van der Waals surface area contributed by atoms with E-state index < -0.39 is 6.03 Å². The lowest BCUT2D eigenvalue weighted by Gasteiger charge is -1.95. The Hall–Kier alpha value is -1.17. The minimum Gasteiger partial charge on any atom is -0.294 e. The highest BCUT2D eigenvalue weighted by molar-refractivity contribution is 7.78. The van der Waals surface area contributed by atoms with Crippen LogP contribution < -0.4 is 10.3 Å². The minimum absolute atomic E-state index is 0.301. The zero-order valence-corrected chi connectivity index (χ0v) is 8.80. The number of unbranched alkanes of at least 4 members (excludes halogenated alkanes) is 1. The van der Waals surface area contributed by atoms with Crippen LogP contribution in [0, 0.1) is 0 Å². The van der Waals surface area contributed by atoms with Crippen LogP contribution in [0.1, 0.15) is 25.3 Å². The number of hydrogen-bond acceptors (Lipinski definition) is 3. The minimum atomic E-state index is -0.568. The fourth-order valence-corrected chi connectivity index (χ4v) is 1.25. The number of aryl methyl sites for hydroxylation is 1. The van der Waals surface area contributed by atoms with Crippen LogP contribution >= 0.6 is 12.8 Å². The number of nitrogens with one attached hydrogen (secondary N) is 2. The summed E-state index contributed by atoms with van der Waals surface area (Å²) >= 11 is 3.57. The summed E-state index contributed by atoms with van der Waals surface area (Å²) in [5.41, 5.74) is 0.328. The van der Waals surface area contributed by atoms with Gasteiger partial charge < -0.3 is 0 Å². The molecule has 0 fully saturated rings. The fourth-order valence-electron chi connectivity index (χ4n) is 1.15. The molecule has 1 aromatic rings. The Morgan fingerprint density at radius 2 is 2.43 bits per heavy atom. The molecule has 0 radical (unpaired) electrons. The summed E-state index contributed by atoms with van der Waals surface area (Å²) in [4.78, 5) is 22.6. The highest BCUT2D eigenvalue weighted by atomic mass is 32.1. The van der Waals surface area contributed by atoms with E-state index in [0.717, 1.165) is 17.5 Å². The molecular formula is C8H13N3O2S.